The summed E-state index contributed by atoms with van der Waals surface area (Å²) in [4.78, 5) is 12.3. The molecule has 1 aliphatic heterocycles. The van der Waals surface area contributed by atoms with E-state index in [2.05, 4.69) is 0 Å². The molecule has 0 amide bonds. The summed E-state index contributed by atoms with van der Waals surface area (Å²) in [6.45, 7) is 0. The Morgan fingerprint density at radius 2 is 1.57 bits per heavy atom. The van der Waals surface area contributed by atoms with Gasteiger partial charge in [-0.2, -0.15) is 13.2 Å². The van der Waals surface area contributed by atoms with Crippen LogP contribution in [0.2, 0.25) is 0 Å². The van der Waals surface area contributed by atoms with Crippen molar-refractivity contribution in [2.45, 2.75) is 18.2 Å². The second-order valence-electron chi connectivity index (χ2n) is 4.83. The van der Waals surface area contributed by atoms with Crippen LogP contribution in [0.25, 0.3) is 0 Å². The van der Waals surface area contributed by atoms with Crippen molar-refractivity contribution in [3.63, 3.8) is 0 Å². The van der Waals surface area contributed by atoms with Crippen molar-refractivity contribution in [2.24, 2.45) is 0 Å². The minimum absolute atomic E-state index is 0.0132. The fraction of sp³-hybridized carbons (Fsp3) is 0.188. The van der Waals surface area contributed by atoms with Crippen LogP contribution in [0.1, 0.15) is 21.8 Å². The monoisotopic (exact) mass is 292 g/mol. The first-order chi connectivity index (χ1) is 9.98. The van der Waals surface area contributed by atoms with E-state index >= 15 is 0 Å². The van der Waals surface area contributed by atoms with Crippen molar-refractivity contribution >= 4 is 5.78 Å². The molecular weight excluding hydrogens is 281 g/mol. The van der Waals surface area contributed by atoms with E-state index in [4.69, 9.17) is 4.74 Å². The molecule has 2 aromatic rings. The van der Waals surface area contributed by atoms with Gasteiger partial charge in [-0.3, -0.25) is 4.79 Å². The number of hydrogen-bond acceptors (Lipinski definition) is 2. The molecule has 0 N–H and O–H groups in total. The molecule has 21 heavy (non-hydrogen) atoms. The number of rotatable bonds is 2. The molecule has 0 aliphatic carbocycles. The van der Waals surface area contributed by atoms with Crippen LogP contribution in [-0.2, 0) is 0 Å². The van der Waals surface area contributed by atoms with E-state index in [9.17, 15) is 18.0 Å². The van der Waals surface area contributed by atoms with Crippen LogP contribution in [0.5, 0.6) is 5.75 Å². The van der Waals surface area contributed by atoms with Gasteiger partial charge >= 0.3 is 6.18 Å². The number of hydrogen-bond donors (Lipinski definition) is 0. The lowest BCUT2D eigenvalue weighted by atomic mass is 9.90. The summed E-state index contributed by atoms with van der Waals surface area (Å²) >= 11 is 0. The van der Waals surface area contributed by atoms with Crippen molar-refractivity contribution in [2.75, 3.05) is 0 Å². The fourth-order valence-corrected chi connectivity index (χ4v) is 2.53. The van der Waals surface area contributed by atoms with Gasteiger partial charge in [0.25, 0.3) is 0 Å². The molecule has 0 fully saturated rings. The lowest BCUT2D eigenvalue weighted by Gasteiger charge is -2.20. The average Bonchev–Trinajstić information content (AvgIpc) is 2.86. The molecule has 0 saturated heterocycles. The van der Waals surface area contributed by atoms with E-state index in [0.29, 0.717) is 0 Å². The van der Waals surface area contributed by atoms with Gasteiger partial charge in [-0.25, -0.2) is 0 Å². The number of ether oxygens (including phenoxy) is 1. The SMILES string of the molecule is O=C(c1ccccc1)[C@@H]1Oc2ccccc2[C@H]1C(F)(F)F. The molecule has 2 aromatic carbocycles. The van der Waals surface area contributed by atoms with Crippen LogP contribution < -0.4 is 4.74 Å². The first kappa shape index (κ1) is 13.7. The highest BCUT2D eigenvalue weighted by Gasteiger charge is 2.54. The topological polar surface area (TPSA) is 26.3 Å². The van der Waals surface area contributed by atoms with Crippen molar-refractivity contribution in [3.8, 4) is 5.75 Å². The lowest BCUT2D eigenvalue weighted by molar-refractivity contribution is -0.158. The van der Waals surface area contributed by atoms with Crippen molar-refractivity contribution < 1.29 is 22.7 Å². The summed E-state index contributed by atoms with van der Waals surface area (Å²) in [5.41, 5.74) is 0.226. The summed E-state index contributed by atoms with van der Waals surface area (Å²) in [6, 6.07) is 13.8. The molecule has 1 heterocycles. The van der Waals surface area contributed by atoms with Crippen LogP contribution in [0, 0.1) is 0 Å². The molecule has 2 nitrogen and oxygen atoms in total. The third-order valence-corrected chi connectivity index (χ3v) is 3.48. The van der Waals surface area contributed by atoms with Gasteiger partial charge in [0.1, 0.15) is 11.7 Å². The van der Waals surface area contributed by atoms with Gasteiger partial charge in [0.15, 0.2) is 6.10 Å². The number of para-hydroxylation sites is 1. The van der Waals surface area contributed by atoms with Crippen molar-refractivity contribution in [1.29, 1.82) is 0 Å². The van der Waals surface area contributed by atoms with Crippen LogP contribution in [0.4, 0.5) is 13.2 Å². The number of fused-ring (bicyclic) bond motifs is 1. The van der Waals surface area contributed by atoms with Gasteiger partial charge in [0, 0.05) is 11.1 Å². The normalized spacial score (nSPS) is 20.7. The molecule has 0 radical (unpaired) electrons. The number of benzene rings is 2. The van der Waals surface area contributed by atoms with Crippen molar-refractivity contribution in [1.82, 2.24) is 0 Å². The molecule has 1 aliphatic rings. The maximum Gasteiger partial charge on any atom is 0.399 e. The number of ketones is 1. The fourth-order valence-electron chi connectivity index (χ4n) is 2.53. The molecule has 108 valence electrons. The average molecular weight is 292 g/mol. The number of Topliss-reactive ketones (excluding diaryl/α,β-unsaturated/α-hetero) is 1. The van der Waals surface area contributed by atoms with Crippen LogP contribution in [0.3, 0.4) is 0 Å². The minimum atomic E-state index is -4.54. The Balaban J connectivity index is 2.02. The molecule has 0 aromatic heterocycles. The second-order valence-corrected chi connectivity index (χ2v) is 4.83. The summed E-state index contributed by atoms with van der Waals surface area (Å²) in [5, 5.41) is 0. The summed E-state index contributed by atoms with van der Waals surface area (Å²) in [7, 11) is 0. The van der Waals surface area contributed by atoms with Gasteiger partial charge in [0.05, 0.1) is 0 Å². The Bertz CT molecular complexity index is 665. The highest BCUT2D eigenvalue weighted by molar-refractivity contribution is 6.01. The number of carbonyl (C=O) groups excluding carboxylic acids is 1. The van der Waals surface area contributed by atoms with E-state index in [0.717, 1.165) is 0 Å². The Morgan fingerprint density at radius 3 is 2.24 bits per heavy atom. The largest absolute Gasteiger partial charge is 0.481 e. The third-order valence-electron chi connectivity index (χ3n) is 3.48. The lowest BCUT2D eigenvalue weighted by Crippen LogP contribution is -2.37. The molecule has 0 unspecified atom stereocenters. The van der Waals surface area contributed by atoms with E-state index in [1.165, 1.54) is 30.3 Å². The zero-order valence-corrected chi connectivity index (χ0v) is 10.8. The van der Waals surface area contributed by atoms with Crippen LogP contribution >= 0.6 is 0 Å². The van der Waals surface area contributed by atoms with Crippen molar-refractivity contribution in [3.05, 3.63) is 65.7 Å². The predicted molar refractivity (Wildman–Crippen MR) is 70.4 cm³/mol. The Kier molecular flexibility index (Phi) is 3.20. The number of halogens is 3. The molecule has 0 saturated carbocycles. The van der Waals surface area contributed by atoms with Crippen LogP contribution in [0.15, 0.2) is 54.6 Å². The first-order valence-electron chi connectivity index (χ1n) is 6.40. The third kappa shape index (κ3) is 2.39. The number of alkyl halides is 3. The Morgan fingerprint density at radius 1 is 0.952 bits per heavy atom. The van der Waals surface area contributed by atoms with Gasteiger partial charge in [-0.15, -0.1) is 0 Å². The Hall–Kier alpha value is -2.30. The zero-order chi connectivity index (χ0) is 15.0. The molecule has 0 spiro atoms. The van der Waals surface area contributed by atoms with Gasteiger partial charge in [-0.05, 0) is 6.07 Å². The van der Waals surface area contributed by atoms with E-state index in [-0.39, 0.29) is 16.9 Å². The summed E-state index contributed by atoms with van der Waals surface area (Å²) in [5.74, 6) is -2.47. The van der Waals surface area contributed by atoms with E-state index < -0.39 is 24.0 Å². The highest BCUT2D eigenvalue weighted by Crippen LogP contribution is 2.48. The van der Waals surface area contributed by atoms with E-state index in [1.54, 1.807) is 24.3 Å². The smallest absolute Gasteiger partial charge is 0.399 e. The Labute approximate surface area is 119 Å². The molecule has 0 bridgehead atoms. The van der Waals surface area contributed by atoms with Crippen LogP contribution in [-0.4, -0.2) is 18.1 Å². The summed E-state index contributed by atoms with van der Waals surface area (Å²) in [6.07, 6.45) is -6.10. The first-order valence-corrected chi connectivity index (χ1v) is 6.40. The van der Waals surface area contributed by atoms with E-state index in [1.807, 2.05) is 0 Å². The minimum Gasteiger partial charge on any atom is -0.481 e. The van der Waals surface area contributed by atoms with Gasteiger partial charge in [0.2, 0.25) is 5.78 Å². The molecule has 2 atom stereocenters. The maximum absolute atomic E-state index is 13.3. The molecule has 3 rings (SSSR count). The quantitative estimate of drug-likeness (QED) is 0.783. The molecule has 5 heteroatoms. The van der Waals surface area contributed by atoms with Gasteiger partial charge < -0.3 is 4.74 Å². The highest BCUT2D eigenvalue weighted by atomic mass is 19.4. The predicted octanol–water partition coefficient (Wildman–Crippen LogP) is 3.98. The second kappa shape index (κ2) is 4.91. The zero-order valence-electron chi connectivity index (χ0n) is 10.8. The number of carbonyl (C=O) groups is 1. The standard InChI is InChI=1S/C16H11F3O2/c17-16(18,19)13-11-8-4-5-9-12(11)21-15(13)14(20)10-6-2-1-3-7-10/h1-9,13,15H/t13-,15-/m1/s1. The maximum atomic E-state index is 13.3. The van der Waals surface area contributed by atoms with Gasteiger partial charge in [-0.1, -0.05) is 48.5 Å². The summed E-state index contributed by atoms with van der Waals surface area (Å²) < 4.78 is 45.3. The molecular formula is C16H11F3O2.